The lowest BCUT2D eigenvalue weighted by molar-refractivity contribution is -0.140. The Balaban J connectivity index is 2.39. The molecule has 0 aliphatic carbocycles. The molecule has 0 fully saturated rings. The van der Waals surface area contributed by atoms with Crippen LogP contribution in [0, 0.1) is 17.2 Å². The topological polar surface area (TPSA) is 102 Å². The number of amides is 1. The highest BCUT2D eigenvalue weighted by Gasteiger charge is 2.18. The van der Waals surface area contributed by atoms with E-state index in [1.54, 1.807) is 11.4 Å². The number of carbonyl (C=O) groups is 2. The van der Waals surface area contributed by atoms with Crippen LogP contribution >= 0.6 is 11.3 Å². The van der Waals surface area contributed by atoms with Crippen molar-refractivity contribution < 1.29 is 14.7 Å². The minimum Gasteiger partial charge on any atom is -0.480 e. The molecule has 7 heteroatoms. The second-order valence-corrected chi connectivity index (χ2v) is 5.96. The lowest BCUT2D eigenvalue weighted by Gasteiger charge is -2.16. The van der Waals surface area contributed by atoms with Crippen molar-refractivity contribution in [2.45, 2.75) is 32.7 Å². The van der Waals surface area contributed by atoms with Crippen LogP contribution in [0.15, 0.2) is 11.4 Å². The molecule has 1 atom stereocenters. The van der Waals surface area contributed by atoms with Crippen LogP contribution in [0.1, 0.15) is 32.3 Å². The van der Waals surface area contributed by atoms with Gasteiger partial charge >= 0.3 is 5.97 Å². The Morgan fingerprint density at radius 3 is 2.76 bits per heavy atom. The molecule has 1 amide bonds. The fourth-order valence-corrected chi connectivity index (χ4v) is 2.54. The number of hydrogen-bond donors (Lipinski definition) is 3. The van der Waals surface area contributed by atoms with Gasteiger partial charge in [0.25, 0.3) is 0 Å². The van der Waals surface area contributed by atoms with Gasteiger partial charge in [0.15, 0.2) is 0 Å². The molecule has 0 aromatic carbocycles. The van der Waals surface area contributed by atoms with E-state index in [1.165, 1.54) is 11.3 Å². The van der Waals surface area contributed by atoms with Gasteiger partial charge in [-0.05, 0) is 23.8 Å². The molecule has 3 N–H and O–H groups in total. The van der Waals surface area contributed by atoms with Gasteiger partial charge in [0, 0.05) is 13.0 Å². The van der Waals surface area contributed by atoms with Crippen LogP contribution in [-0.4, -0.2) is 29.6 Å². The predicted octanol–water partition coefficient (Wildman–Crippen LogP) is 2.04. The fraction of sp³-hybridized carbons (Fsp3) is 0.500. The number of aliphatic carboxylic acids is 1. The minimum absolute atomic E-state index is 0.157. The number of carbonyl (C=O) groups excluding carboxylic acids is 1. The first-order chi connectivity index (χ1) is 9.93. The Bertz CT molecular complexity index is 534. The van der Waals surface area contributed by atoms with Gasteiger partial charge in [-0.3, -0.25) is 9.59 Å². The quantitative estimate of drug-likeness (QED) is 0.682. The van der Waals surface area contributed by atoms with Crippen LogP contribution in [0.3, 0.4) is 0 Å². The van der Waals surface area contributed by atoms with E-state index in [4.69, 9.17) is 10.4 Å². The first-order valence-electron chi connectivity index (χ1n) is 6.67. The summed E-state index contributed by atoms with van der Waals surface area (Å²) in [5.74, 6) is -0.888. The zero-order chi connectivity index (χ0) is 15.8. The Morgan fingerprint density at radius 2 is 2.19 bits per heavy atom. The number of nitrogens with one attached hydrogen (secondary N) is 2. The maximum Gasteiger partial charge on any atom is 0.320 e. The molecule has 1 rings (SSSR count). The summed E-state index contributed by atoms with van der Waals surface area (Å²) in [6.07, 6.45) is 0.672. The smallest absolute Gasteiger partial charge is 0.320 e. The average molecular weight is 309 g/mol. The van der Waals surface area contributed by atoms with Gasteiger partial charge in [-0.2, -0.15) is 5.26 Å². The molecule has 0 saturated heterocycles. The number of carboxylic acids is 1. The Kier molecular flexibility index (Phi) is 6.85. The van der Waals surface area contributed by atoms with Gasteiger partial charge in [0.2, 0.25) is 5.91 Å². The lowest BCUT2D eigenvalue weighted by atomic mass is 10.0. The highest BCUT2D eigenvalue weighted by Crippen LogP contribution is 2.22. The number of rotatable bonds is 8. The van der Waals surface area contributed by atoms with Gasteiger partial charge in [-0.15, -0.1) is 11.3 Å². The van der Waals surface area contributed by atoms with E-state index in [0.29, 0.717) is 17.0 Å². The normalized spacial score (nSPS) is 11.9. The van der Waals surface area contributed by atoms with Crippen molar-refractivity contribution in [2.24, 2.45) is 5.92 Å². The zero-order valence-corrected chi connectivity index (χ0v) is 12.9. The van der Waals surface area contributed by atoms with Crippen molar-refractivity contribution in [1.29, 1.82) is 5.26 Å². The molecule has 1 heterocycles. The molecule has 21 heavy (non-hydrogen) atoms. The molecular formula is C14H19N3O3S. The summed E-state index contributed by atoms with van der Waals surface area (Å²) in [6.45, 7) is 4.18. The number of thiophene rings is 1. The molecule has 0 radical (unpaired) electrons. The van der Waals surface area contributed by atoms with E-state index < -0.39 is 12.0 Å². The van der Waals surface area contributed by atoms with Crippen molar-refractivity contribution in [3.05, 3.63) is 17.0 Å². The van der Waals surface area contributed by atoms with E-state index in [-0.39, 0.29) is 24.8 Å². The summed E-state index contributed by atoms with van der Waals surface area (Å²) in [4.78, 5) is 22.8. The summed E-state index contributed by atoms with van der Waals surface area (Å²) in [6, 6.07) is 2.99. The molecule has 1 aromatic rings. The highest BCUT2D eigenvalue weighted by atomic mass is 32.1. The third-order valence-corrected chi connectivity index (χ3v) is 3.62. The third kappa shape index (κ3) is 5.94. The van der Waals surface area contributed by atoms with E-state index in [2.05, 4.69) is 10.6 Å². The number of nitriles is 1. The number of hydrogen-bond acceptors (Lipinski definition) is 5. The van der Waals surface area contributed by atoms with Gasteiger partial charge < -0.3 is 15.7 Å². The van der Waals surface area contributed by atoms with Gasteiger partial charge in [0.1, 0.15) is 17.1 Å². The molecule has 0 saturated carbocycles. The summed E-state index contributed by atoms with van der Waals surface area (Å²) in [7, 11) is 0. The van der Waals surface area contributed by atoms with Crippen LogP contribution in [0.2, 0.25) is 0 Å². The lowest BCUT2D eigenvalue weighted by Crippen LogP contribution is -2.39. The maximum absolute atomic E-state index is 11.8. The Labute approximate surface area is 127 Å². The summed E-state index contributed by atoms with van der Waals surface area (Å²) < 4.78 is 0. The summed E-state index contributed by atoms with van der Waals surface area (Å²) in [5, 5.41) is 25.7. The first kappa shape index (κ1) is 17.1. The largest absolute Gasteiger partial charge is 0.480 e. The van der Waals surface area contributed by atoms with Crippen LogP contribution in [0.25, 0.3) is 0 Å². The molecule has 1 aromatic heterocycles. The molecule has 0 aliphatic heterocycles. The van der Waals surface area contributed by atoms with Gasteiger partial charge in [0.05, 0.1) is 5.56 Å². The van der Waals surface area contributed by atoms with Crippen molar-refractivity contribution in [1.82, 2.24) is 5.32 Å². The first-order valence-corrected chi connectivity index (χ1v) is 7.55. The predicted molar refractivity (Wildman–Crippen MR) is 81.2 cm³/mol. The molecule has 6 nitrogen and oxygen atoms in total. The van der Waals surface area contributed by atoms with E-state index in [9.17, 15) is 9.59 Å². The number of nitrogens with zero attached hydrogens (tertiary/aromatic N) is 1. The fourth-order valence-electron chi connectivity index (χ4n) is 1.79. The number of anilines is 1. The molecule has 0 spiro atoms. The highest BCUT2D eigenvalue weighted by molar-refractivity contribution is 7.14. The monoisotopic (exact) mass is 309 g/mol. The molecule has 114 valence electrons. The van der Waals surface area contributed by atoms with Gasteiger partial charge in [-0.25, -0.2) is 0 Å². The third-order valence-electron chi connectivity index (χ3n) is 2.79. The van der Waals surface area contributed by atoms with Crippen molar-refractivity contribution in [3.63, 3.8) is 0 Å². The SMILES string of the molecule is CC(C)CC(NCCC(=O)Nc1sccc1C#N)C(=O)O. The standard InChI is InChI=1S/C14H19N3O3S/c1-9(2)7-11(14(19)20)16-5-3-12(18)17-13-10(8-15)4-6-21-13/h4,6,9,11,16H,3,5,7H2,1-2H3,(H,17,18)(H,19,20). The minimum atomic E-state index is -0.908. The zero-order valence-electron chi connectivity index (χ0n) is 12.0. The average Bonchev–Trinajstić information content (AvgIpc) is 2.84. The van der Waals surface area contributed by atoms with Crippen molar-refractivity contribution >= 4 is 28.2 Å². The van der Waals surface area contributed by atoms with Crippen LogP contribution < -0.4 is 10.6 Å². The summed E-state index contributed by atoms with van der Waals surface area (Å²) in [5.41, 5.74) is 0.435. The Morgan fingerprint density at radius 1 is 1.48 bits per heavy atom. The number of carboxylic acid groups (broad SMARTS) is 1. The van der Waals surface area contributed by atoms with Crippen LogP contribution in [-0.2, 0) is 9.59 Å². The molecular weight excluding hydrogens is 290 g/mol. The molecule has 1 unspecified atom stereocenters. The van der Waals surface area contributed by atoms with Gasteiger partial charge in [-0.1, -0.05) is 13.8 Å². The molecule has 0 bridgehead atoms. The summed E-state index contributed by atoms with van der Waals surface area (Å²) >= 11 is 1.29. The van der Waals surface area contributed by atoms with E-state index in [0.717, 1.165) is 0 Å². The van der Waals surface area contributed by atoms with E-state index >= 15 is 0 Å². The van der Waals surface area contributed by atoms with Crippen molar-refractivity contribution in [2.75, 3.05) is 11.9 Å². The van der Waals surface area contributed by atoms with Crippen LogP contribution in [0.5, 0.6) is 0 Å². The molecule has 0 aliphatic rings. The Hall–Kier alpha value is -1.91. The van der Waals surface area contributed by atoms with E-state index in [1.807, 2.05) is 19.9 Å². The second kappa shape index (κ2) is 8.39. The second-order valence-electron chi connectivity index (χ2n) is 5.05. The maximum atomic E-state index is 11.8. The van der Waals surface area contributed by atoms with Crippen molar-refractivity contribution in [3.8, 4) is 6.07 Å². The van der Waals surface area contributed by atoms with Crippen LogP contribution in [0.4, 0.5) is 5.00 Å².